The zero-order valence-corrected chi connectivity index (χ0v) is 8.49. The van der Waals surface area contributed by atoms with E-state index in [1.807, 2.05) is 0 Å². The fraction of sp³-hybridized carbons (Fsp3) is 0.111. The minimum absolute atomic E-state index is 0.0156. The van der Waals surface area contributed by atoms with Gasteiger partial charge in [-0.25, -0.2) is 13.6 Å². The Kier molecular flexibility index (Phi) is 3.27. The first-order chi connectivity index (χ1) is 6.55. The lowest BCUT2D eigenvalue weighted by Gasteiger charge is -2.05. The Labute approximate surface area is 83.1 Å². The minimum atomic E-state index is -3.72. The SMILES string of the molecule is C/C=C\Oc1ccccc1S(N)(=O)=O. The molecule has 4 nitrogen and oxygen atoms in total. The Hall–Kier alpha value is -1.33. The maximum atomic E-state index is 11.1. The summed E-state index contributed by atoms with van der Waals surface area (Å²) >= 11 is 0. The van der Waals surface area contributed by atoms with E-state index in [-0.39, 0.29) is 10.6 Å². The molecule has 1 rings (SSSR count). The number of hydrogen-bond donors (Lipinski definition) is 1. The lowest BCUT2D eigenvalue weighted by molar-refractivity contribution is 0.465. The van der Waals surface area contributed by atoms with Crippen molar-refractivity contribution in [1.82, 2.24) is 0 Å². The van der Waals surface area contributed by atoms with Crippen LogP contribution < -0.4 is 9.88 Å². The van der Waals surface area contributed by atoms with Gasteiger partial charge in [-0.05, 0) is 19.1 Å². The molecule has 0 fully saturated rings. The van der Waals surface area contributed by atoms with Gasteiger partial charge < -0.3 is 4.74 Å². The first kappa shape index (κ1) is 10.7. The molecule has 0 aliphatic carbocycles. The van der Waals surface area contributed by atoms with Crippen molar-refractivity contribution in [2.45, 2.75) is 11.8 Å². The van der Waals surface area contributed by atoms with Crippen molar-refractivity contribution in [3.8, 4) is 5.75 Å². The number of nitrogens with two attached hydrogens (primary N) is 1. The van der Waals surface area contributed by atoms with Crippen LogP contribution in [-0.2, 0) is 10.0 Å². The lowest BCUT2D eigenvalue weighted by atomic mass is 10.3. The fourth-order valence-electron chi connectivity index (χ4n) is 0.924. The van der Waals surface area contributed by atoms with Gasteiger partial charge in [0, 0.05) is 0 Å². The van der Waals surface area contributed by atoms with Gasteiger partial charge in [-0.15, -0.1) is 0 Å². The van der Waals surface area contributed by atoms with Gasteiger partial charge in [-0.1, -0.05) is 18.2 Å². The largest absolute Gasteiger partial charge is 0.464 e. The van der Waals surface area contributed by atoms with Crippen LogP contribution in [0.4, 0.5) is 0 Å². The molecule has 0 heterocycles. The van der Waals surface area contributed by atoms with Crippen LogP contribution in [0.1, 0.15) is 6.92 Å². The highest BCUT2D eigenvalue weighted by Crippen LogP contribution is 2.21. The Bertz CT molecular complexity index is 437. The Morgan fingerprint density at radius 2 is 2.00 bits per heavy atom. The molecular formula is C9H11NO3S. The number of allylic oxidation sites excluding steroid dienone is 1. The van der Waals surface area contributed by atoms with Crippen LogP contribution >= 0.6 is 0 Å². The molecule has 5 heteroatoms. The standard InChI is InChI=1S/C9H11NO3S/c1-2-7-13-8-5-3-4-6-9(8)14(10,11)12/h2-7H,1H3,(H2,10,11,12)/b7-2-. The molecule has 0 aromatic heterocycles. The van der Waals surface area contributed by atoms with Crippen LogP contribution in [0.25, 0.3) is 0 Å². The second kappa shape index (κ2) is 4.26. The van der Waals surface area contributed by atoms with E-state index in [9.17, 15) is 8.42 Å². The number of rotatable bonds is 3. The third-order valence-electron chi connectivity index (χ3n) is 1.49. The molecule has 14 heavy (non-hydrogen) atoms. The van der Waals surface area contributed by atoms with Gasteiger partial charge in [0.25, 0.3) is 0 Å². The predicted octanol–water partition coefficient (Wildman–Crippen LogP) is 1.25. The second-order valence-electron chi connectivity index (χ2n) is 2.58. The predicted molar refractivity (Wildman–Crippen MR) is 53.3 cm³/mol. The smallest absolute Gasteiger partial charge is 0.241 e. The van der Waals surface area contributed by atoms with E-state index in [0.29, 0.717) is 0 Å². The molecular weight excluding hydrogens is 202 g/mol. The first-order valence-corrected chi connectivity index (χ1v) is 5.50. The molecule has 0 amide bonds. The molecule has 0 atom stereocenters. The highest BCUT2D eigenvalue weighted by Gasteiger charge is 2.13. The zero-order chi connectivity index (χ0) is 10.6. The van der Waals surface area contributed by atoms with Crippen LogP contribution in [0.5, 0.6) is 5.75 Å². The highest BCUT2D eigenvalue weighted by atomic mass is 32.2. The first-order valence-electron chi connectivity index (χ1n) is 3.95. The van der Waals surface area contributed by atoms with Crippen molar-refractivity contribution < 1.29 is 13.2 Å². The molecule has 1 aromatic carbocycles. The average Bonchev–Trinajstić information content (AvgIpc) is 2.14. The summed E-state index contributed by atoms with van der Waals surface area (Å²) in [6, 6.07) is 6.20. The van der Waals surface area contributed by atoms with Crippen LogP contribution in [0.15, 0.2) is 41.5 Å². The van der Waals surface area contributed by atoms with Crippen LogP contribution in [0, 0.1) is 0 Å². The summed E-state index contributed by atoms with van der Waals surface area (Å²) in [6.07, 6.45) is 3.05. The van der Waals surface area contributed by atoms with E-state index in [2.05, 4.69) is 0 Å². The van der Waals surface area contributed by atoms with Gasteiger partial charge in [0.1, 0.15) is 10.6 Å². The normalized spacial score (nSPS) is 11.9. The number of ether oxygens (including phenoxy) is 1. The molecule has 0 saturated carbocycles. The number of sulfonamides is 1. The van der Waals surface area contributed by atoms with Crippen molar-refractivity contribution in [2.75, 3.05) is 0 Å². The monoisotopic (exact) mass is 213 g/mol. The molecule has 0 radical (unpaired) electrons. The Balaban J connectivity index is 3.16. The fourth-order valence-corrected chi connectivity index (χ4v) is 1.59. The Morgan fingerprint density at radius 3 is 2.57 bits per heavy atom. The van der Waals surface area contributed by atoms with Crippen molar-refractivity contribution >= 4 is 10.0 Å². The zero-order valence-electron chi connectivity index (χ0n) is 7.67. The maximum absolute atomic E-state index is 11.1. The van der Waals surface area contributed by atoms with Gasteiger partial charge in [-0.2, -0.15) is 0 Å². The third-order valence-corrected chi connectivity index (χ3v) is 2.44. The lowest BCUT2D eigenvalue weighted by Crippen LogP contribution is -2.13. The van der Waals surface area contributed by atoms with Gasteiger partial charge in [0.2, 0.25) is 10.0 Å². The van der Waals surface area contributed by atoms with E-state index in [0.717, 1.165) is 0 Å². The number of para-hydroxylation sites is 1. The molecule has 0 saturated heterocycles. The van der Waals surface area contributed by atoms with E-state index in [1.165, 1.54) is 12.3 Å². The summed E-state index contributed by atoms with van der Waals surface area (Å²) in [5.41, 5.74) is 0. The quantitative estimate of drug-likeness (QED) is 0.768. The molecule has 76 valence electrons. The van der Waals surface area contributed by atoms with Gasteiger partial charge in [0.15, 0.2) is 0 Å². The Morgan fingerprint density at radius 1 is 1.36 bits per heavy atom. The van der Waals surface area contributed by atoms with E-state index < -0.39 is 10.0 Å². The summed E-state index contributed by atoms with van der Waals surface area (Å²) in [6.45, 7) is 1.76. The van der Waals surface area contributed by atoms with Crippen LogP contribution in [-0.4, -0.2) is 8.42 Å². The molecule has 0 unspecified atom stereocenters. The van der Waals surface area contributed by atoms with Crippen molar-refractivity contribution in [2.24, 2.45) is 5.14 Å². The van der Waals surface area contributed by atoms with Crippen LogP contribution in [0.3, 0.4) is 0 Å². The summed E-state index contributed by atoms with van der Waals surface area (Å²) in [5, 5.41) is 5.00. The number of benzene rings is 1. The topological polar surface area (TPSA) is 69.4 Å². The van der Waals surface area contributed by atoms with E-state index >= 15 is 0 Å². The highest BCUT2D eigenvalue weighted by molar-refractivity contribution is 7.89. The summed E-state index contributed by atoms with van der Waals surface area (Å²) in [4.78, 5) is -0.0156. The van der Waals surface area contributed by atoms with Gasteiger partial charge in [-0.3, -0.25) is 0 Å². The number of primary sulfonamides is 1. The summed E-state index contributed by atoms with van der Waals surface area (Å²) in [5.74, 6) is 0.230. The molecule has 1 aromatic rings. The van der Waals surface area contributed by atoms with E-state index in [4.69, 9.17) is 9.88 Å². The molecule has 0 spiro atoms. The molecule has 2 N–H and O–H groups in total. The second-order valence-corrected chi connectivity index (χ2v) is 4.11. The van der Waals surface area contributed by atoms with Crippen molar-refractivity contribution in [1.29, 1.82) is 0 Å². The minimum Gasteiger partial charge on any atom is -0.464 e. The number of hydrogen-bond acceptors (Lipinski definition) is 3. The summed E-state index contributed by atoms with van der Waals surface area (Å²) in [7, 11) is -3.72. The van der Waals surface area contributed by atoms with Crippen LogP contribution in [0.2, 0.25) is 0 Å². The van der Waals surface area contributed by atoms with Crippen molar-refractivity contribution in [3.63, 3.8) is 0 Å². The van der Waals surface area contributed by atoms with Gasteiger partial charge >= 0.3 is 0 Å². The maximum Gasteiger partial charge on any atom is 0.241 e. The third kappa shape index (κ3) is 2.58. The van der Waals surface area contributed by atoms with Gasteiger partial charge in [0.05, 0.1) is 6.26 Å². The van der Waals surface area contributed by atoms with Crippen molar-refractivity contribution in [3.05, 3.63) is 36.6 Å². The molecule has 0 bridgehead atoms. The average molecular weight is 213 g/mol. The summed E-state index contributed by atoms with van der Waals surface area (Å²) < 4.78 is 27.3. The molecule has 0 aliphatic rings. The van der Waals surface area contributed by atoms with E-state index in [1.54, 1.807) is 31.2 Å². The molecule has 0 aliphatic heterocycles.